The number of nitrogens with one attached hydrogen (secondary N) is 1. The summed E-state index contributed by atoms with van der Waals surface area (Å²) in [5, 5.41) is 0. The molecule has 1 aromatic carbocycles. The molecule has 1 N–H and O–H groups in total. The molecule has 0 saturated carbocycles. The lowest BCUT2D eigenvalue weighted by Gasteiger charge is -2.02. The highest BCUT2D eigenvalue weighted by atomic mass is 19.1. The van der Waals surface area contributed by atoms with Crippen LogP contribution in [0.2, 0.25) is 0 Å². The Labute approximate surface area is 84.2 Å². The normalized spacial score (nSPS) is 10.3. The summed E-state index contributed by atoms with van der Waals surface area (Å²) in [7, 11) is 0. The molecule has 1 aromatic heterocycles. The van der Waals surface area contributed by atoms with E-state index in [0.29, 0.717) is 5.69 Å². The molecule has 0 atom stereocenters. The Morgan fingerprint density at radius 3 is 2.53 bits per heavy atom. The van der Waals surface area contributed by atoms with Crippen LogP contribution in [0.3, 0.4) is 0 Å². The van der Waals surface area contributed by atoms with E-state index in [1.54, 1.807) is 0 Å². The minimum absolute atomic E-state index is 0.175. The largest absolute Gasteiger partial charge is 0.361 e. The number of pyridine rings is 1. The highest BCUT2D eigenvalue weighted by Gasteiger charge is 2.06. The third-order valence-corrected chi connectivity index (χ3v) is 1.99. The molecule has 0 aliphatic heterocycles. The minimum atomic E-state index is -0.697. The summed E-state index contributed by atoms with van der Waals surface area (Å²) < 4.78 is 25.9. The van der Waals surface area contributed by atoms with Crippen LogP contribution >= 0.6 is 0 Å². The van der Waals surface area contributed by atoms with E-state index in [0.717, 1.165) is 12.1 Å². The smallest absolute Gasteiger partial charge is 0.182 e. The third kappa shape index (κ3) is 1.93. The molecule has 0 fully saturated rings. The molecule has 0 radical (unpaired) electrons. The summed E-state index contributed by atoms with van der Waals surface area (Å²) >= 11 is 0. The molecule has 0 aliphatic rings. The molecule has 2 rings (SSSR count). The van der Waals surface area contributed by atoms with Crippen LogP contribution in [-0.4, -0.2) is 4.98 Å². The maximum atomic E-state index is 13.3. The minimum Gasteiger partial charge on any atom is -0.361 e. The fraction of sp³-hybridized carbons (Fsp3) is 0. The molecule has 0 saturated heterocycles. The van der Waals surface area contributed by atoms with Gasteiger partial charge >= 0.3 is 0 Å². The third-order valence-electron chi connectivity index (χ3n) is 1.99. The van der Waals surface area contributed by atoms with Crippen molar-refractivity contribution in [2.24, 2.45) is 0 Å². The van der Waals surface area contributed by atoms with Gasteiger partial charge < -0.3 is 4.98 Å². The molecular weight excluding hydrogens is 200 g/mol. The molecule has 0 unspecified atom stereocenters. The maximum absolute atomic E-state index is 13.3. The van der Waals surface area contributed by atoms with Gasteiger partial charge in [-0.25, -0.2) is 8.78 Å². The number of hydrogen-bond acceptors (Lipinski definition) is 1. The first-order valence-corrected chi connectivity index (χ1v) is 4.31. The van der Waals surface area contributed by atoms with Crippen LogP contribution in [0.5, 0.6) is 0 Å². The summed E-state index contributed by atoms with van der Waals surface area (Å²) in [6.07, 6.45) is 1.42. The fourth-order valence-electron chi connectivity index (χ4n) is 1.31. The number of hydrogen-bond donors (Lipinski definition) is 1. The van der Waals surface area contributed by atoms with Crippen molar-refractivity contribution < 1.29 is 8.78 Å². The van der Waals surface area contributed by atoms with Crippen LogP contribution < -0.4 is 5.43 Å². The highest BCUT2D eigenvalue weighted by molar-refractivity contribution is 5.59. The van der Waals surface area contributed by atoms with Crippen molar-refractivity contribution in [1.29, 1.82) is 0 Å². The predicted molar refractivity (Wildman–Crippen MR) is 52.4 cm³/mol. The summed E-state index contributed by atoms with van der Waals surface area (Å²) in [6, 6.07) is 5.79. The van der Waals surface area contributed by atoms with Gasteiger partial charge in [-0.3, -0.25) is 4.79 Å². The van der Waals surface area contributed by atoms with Gasteiger partial charge in [0.2, 0.25) is 0 Å². The van der Waals surface area contributed by atoms with Gasteiger partial charge in [-0.05, 0) is 12.1 Å². The lowest BCUT2D eigenvalue weighted by molar-refractivity contribution is 0.585. The van der Waals surface area contributed by atoms with Crippen molar-refractivity contribution in [3.05, 3.63) is 58.4 Å². The van der Waals surface area contributed by atoms with Gasteiger partial charge in [0.05, 0.1) is 5.69 Å². The number of aromatic amines is 1. The number of halogens is 2. The van der Waals surface area contributed by atoms with E-state index in [1.807, 2.05) is 0 Å². The Hall–Kier alpha value is -1.97. The summed E-state index contributed by atoms with van der Waals surface area (Å²) in [6.45, 7) is 0. The molecule has 76 valence electrons. The molecule has 1 heterocycles. The lowest BCUT2D eigenvalue weighted by atomic mass is 10.1. The molecule has 0 aliphatic carbocycles. The molecule has 15 heavy (non-hydrogen) atoms. The van der Waals surface area contributed by atoms with Crippen molar-refractivity contribution in [2.75, 3.05) is 0 Å². The zero-order valence-electron chi connectivity index (χ0n) is 7.63. The van der Waals surface area contributed by atoms with Gasteiger partial charge in [0.25, 0.3) is 0 Å². The zero-order valence-corrected chi connectivity index (χ0v) is 7.63. The SMILES string of the molecule is O=c1cc[nH]c(-c2ccc(F)cc2F)c1. The van der Waals surface area contributed by atoms with E-state index >= 15 is 0 Å². The number of aromatic nitrogens is 1. The van der Waals surface area contributed by atoms with Crippen LogP contribution in [0.25, 0.3) is 11.3 Å². The lowest BCUT2D eigenvalue weighted by Crippen LogP contribution is -1.99. The Balaban J connectivity index is 2.59. The van der Waals surface area contributed by atoms with Gasteiger partial charge in [-0.15, -0.1) is 0 Å². The average molecular weight is 207 g/mol. The van der Waals surface area contributed by atoms with E-state index < -0.39 is 11.6 Å². The fourth-order valence-corrected chi connectivity index (χ4v) is 1.31. The van der Waals surface area contributed by atoms with E-state index in [9.17, 15) is 13.6 Å². The standard InChI is InChI=1S/C11H7F2NO/c12-7-1-2-9(10(13)5-7)11-6-8(15)3-4-14-11/h1-6H,(H,14,15). The predicted octanol–water partition coefficient (Wildman–Crippen LogP) is 2.32. The number of rotatable bonds is 1. The van der Waals surface area contributed by atoms with Gasteiger partial charge in [0.1, 0.15) is 11.6 Å². The molecule has 0 bridgehead atoms. The number of benzene rings is 1. The van der Waals surface area contributed by atoms with Crippen LogP contribution in [0.1, 0.15) is 0 Å². The Bertz CT molecular complexity index is 548. The van der Waals surface area contributed by atoms with E-state index in [2.05, 4.69) is 4.98 Å². The first kappa shape index (κ1) is 9.58. The monoisotopic (exact) mass is 207 g/mol. The van der Waals surface area contributed by atoms with Crippen molar-refractivity contribution in [3.8, 4) is 11.3 Å². The van der Waals surface area contributed by atoms with Gasteiger partial charge in [0.15, 0.2) is 5.43 Å². The van der Waals surface area contributed by atoms with Crippen LogP contribution in [-0.2, 0) is 0 Å². The van der Waals surface area contributed by atoms with E-state index in [1.165, 1.54) is 24.4 Å². The van der Waals surface area contributed by atoms with Gasteiger partial charge in [-0.1, -0.05) is 0 Å². The summed E-state index contributed by atoms with van der Waals surface area (Å²) in [5.41, 5.74) is 0.279. The quantitative estimate of drug-likeness (QED) is 0.764. The maximum Gasteiger partial charge on any atom is 0.182 e. The van der Waals surface area contributed by atoms with Gasteiger partial charge in [-0.2, -0.15) is 0 Å². The van der Waals surface area contributed by atoms with Crippen molar-refractivity contribution in [3.63, 3.8) is 0 Å². The van der Waals surface area contributed by atoms with E-state index in [-0.39, 0.29) is 11.0 Å². The van der Waals surface area contributed by atoms with E-state index in [4.69, 9.17) is 0 Å². The Morgan fingerprint density at radius 1 is 1.07 bits per heavy atom. The molecule has 2 aromatic rings. The summed E-state index contributed by atoms with van der Waals surface area (Å²) in [4.78, 5) is 13.7. The molecule has 0 spiro atoms. The Kier molecular flexibility index (Phi) is 2.33. The molecular formula is C11H7F2NO. The number of H-pyrrole nitrogens is 1. The van der Waals surface area contributed by atoms with Crippen LogP contribution in [0.15, 0.2) is 41.3 Å². The van der Waals surface area contributed by atoms with Crippen molar-refractivity contribution in [1.82, 2.24) is 4.98 Å². The summed E-state index contributed by atoms with van der Waals surface area (Å²) in [5.74, 6) is -1.34. The first-order chi connectivity index (χ1) is 7.16. The van der Waals surface area contributed by atoms with Crippen LogP contribution in [0, 0.1) is 11.6 Å². The van der Waals surface area contributed by atoms with Crippen LogP contribution in [0.4, 0.5) is 8.78 Å². The molecule has 2 nitrogen and oxygen atoms in total. The van der Waals surface area contributed by atoms with Crippen molar-refractivity contribution >= 4 is 0 Å². The average Bonchev–Trinajstić information content (AvgIpc) is 2.17. The second kappa shape index (κ2) is 3.65. The topological polar surface area (TPSA) is 32.9 Å². The first-order valence-electron chi connectivity index (χ1n) is 4.31. The van der Waals surface area contributed by atoms with Crippen molar-refractivity contribution in [2.45, 2.75) is 0 Å². The molecule has 4 heteroatoms. The molecule has 0 amide bonds. The zero-order chi connectivity index (χ0) is 10.8. The highest BCUT2D eigenvalue weighted by Crippen LogP contribution is 2.19. The second-order valence-corrected chi connectivity index (χ2v) is 3.06. The van der Waals surface area contributed by atoms with Gasteiger partial charge in [0, 0.05) is 30.0 Å². The Morgan fingerprint density at radius 2 is 1.87 bits per heavy atom. The second-order valence-electron chi connectivity index (χ2n) is 3.06.